The topological polar surface area (TPSA) is 77.1 Å². The number of carbonyl (C=O) groups excluding carboxylic acids is 2. The molecule has 0 radical (unpaired) electrons. The van der Waals surface area contributed by atoms with E-state index < -0.39 is 11.6 Å². The summed E-state index contributed by atoms with van der Waals surface area (Å²) in [6, 6.07) is 4.64. The molecule has 0 bridgehead atoms. The van der Waals surface area contributed by atoms with Crippen LogP contribution in [0.5, 0.6) is 5.75 Å². The highest BCUT2D eigenvalue weighted by Crippen LogP contribution is 2.31. The molecule has 3 fully saturated rings. The van der Waals surface area contributed by atoms with Crippen LogP contribution in [-0.4, -0.2) is 54.5 Å². The minimum absolute atomic E-state index is 0.0343. The first-order valence-corrected chi connectivity index (χ1v) is 8.26. The van der Waals surface area contributed by atoms with E-state index >= 15 is 0 Å². The molecule has 3 aliphatic rings. The summed E-state index contributed by atoms with van der Waals surface area (Å²) >= 11 is 0. The number of ether oxygens (including phenoxy) is 3. The summed E-state index contributed by atoms with van der Waals surface area (Å²) in [5, 5.41) is 2.72. The Morgan fingerprint density at radius 3 is 2.76 bits per heavy atom. The van der Waals surface area contributed by atoms with Gasteiger partial charge >= 0.3 is 12.2 Å². The molecule has 0 unspecified atom stereocenters. The number of aryl methyl sites for hydroxylation is 1. The van der Waals surface area contributed by atoms with Crippen LogP contribution in [0.25, 0.3) is 0 Å². The monoisotopic (exact) mass is 350 g/mol. The van der Waals surface area contributed by atoms with Gasteiger partial charge in [-0.3, -0.25) is 0 Å². The molecule has 0 aromatic heterocycles. The zero-order valence-electron chi connectivity index (χ0n) is 13.8. The molecule has 1 aromatic carbocycles. The standard InChI is InChI=1S/C17H19FN2O5/c1-10-4-11(2-3-14(10)18)24-12-5-13(6-12)25-16(22)20-7-17(8-20)9-23-15(21)19-17/h2-4,12-13H,5-9H2,1H3,(H,19,21)/t12-,13+. The lowest BCUT2D eigenvalue weighted by Gasteiger charge is -2.46. The van der Waals surface area contributed by atoms with Crippen LogP contribution in [0.15, 0.2) is 18.2 Å². The Labute approximate surface area is 144 Å². The van der Waals surface area contributed by atoms with Gasteiger partial charge in [-0.1, -0.05) is 0 Å². The van der Waals surface area contributed by atoms with Gasteiger partial charge in [-0.25, -0.2) is 14.0 Å². The Morgan fingerprint density at radius 2 is 2.12 bits per heavy atom. The number of likely N-dealkylation sites (tertiary alicyclic amines) is 1. The normalized spacial score (nSPS) is 26.3. The third kappa shape index (κ3) is 3.08. The second-order valence-corrected chi connectivity index (χ2v) is 6.97. The van der Waals surface area contributed by atoms with Crippen molar-refractivity contribution in [1.29, 1.82) is 0 Å². The summed E-state index contributed by atoms with van der Waals surface area (Å²) in [5.41, 5.74) is 0.0939. The van der Waals surface area contributed by atoms with Gasteiger partial charge in [0, 0.05) is 12.8 Å². The maximum atomic E-state index is 13.2. The van der Waals surface area contributed by atoms with Crippen molar-refractivity contribution in [3.8, 4) is 5.75 Å². The van der Waals surface area contributed by atoms with E-state index in [1.807, 2.05) is 0 Å². The summed E-state index contributed by atoms with van der Waals surface area (Å²) in [4.78, 5) is 24.7. The van der Waals surface area contributed by atoms with Crippen molar-refractivity contribution >= 4 is 12.2 Å². The van der Waals surface area contributed by atoms with E-state index in [1.54, 1.807) is 24.0 Å². The highest BCUT2D eigenvalue weighted by Gasteiger charge is 2.52. The Kier molecular flexibility index (Phi) is 3.70. The molecule has 8 heteroatoms. The van der Waals surface area contributed by atoms with Gasteiger partial charge in [0.15, 0.2) is 0 Å². The van der Waals surface area contributed by atoms with Crippen LogP contribution >= 0.6 is 0 Å². The number of hydrogen-bond donors (Lipinski definition) is 1. The fraction of sp³-hybridized carbons (Fsp3) is 0.529. The predicted molar refractivity (Wildman–Crippen MR) is 83.8 cm³/mol. The van der Waals surface area contributed by atoms with E-state index in [4.69, 9.17) is 14.2 Å². The molecule has 1 aliphatic carbocycles. The Morgan fingerprint density at radius 1 is 1.36 bits per heavy atom. The molecule has 1 saturated carbocycles. The number of benzene rings is 1. The quantitative estimate of drug-likeness (QED) is 0.902. The molecular formula is C17H19FN2O5. The summed E-state index contributed by atoms with van der Waals surface area (Å²) < 4.78 is 29.3. The van der Waals surface area contributed by atoms with E-state index in [1.165, 1.54) is 6.07 Å². The van der Waals surface area contributed by atoms with Crippen molar-refractivity contribution in [2.45, 2.75) is 37.5 Å². The van der Waals surface area contributed by atoms with Crippen LogP contribution < -0.4 is 10.1 Å². The molecule has 25 heavy (non-hydrogen) atoms. The van der Waals surface area contributed by atoms with Crippen molar-refractivity contribution in [3.63, 3.8) is 0 Å². The van der Waals surface area contributed by atoms with Gasteiger partial charge in [-0.05, 0) is 30.7 Å². The Hall–Kier alpha value is -2.51. The lowest BCUT2D eigenvalue weighted by Crippen LogP contribution is -2.70. The lowest BCUT2D eigenvalue weighted by atomic mass is 9.91. The number of cyclic esters (lactones) is 1. The molecule has 1 N–H and O–H groups in total. The van der Waals surface area contributed by atoms with Crippen LogP contribution in [0.1, 0.15) is 18.4 Å². The number of alkyl carbamates (subject to hydrolysis) is 1. The number of amides is 2. The number of hydrogen-bond acceptors (Lipinski definition) is 5. The number of carbonyl (C=O) groups is 2. The molecular weight excluding hydrogens is 331 g/mol. The van der Waals surface area contributed by atoms with Crippen LogP contribution in [0, 0.1) is 12.7 Å². The molecule has 4 rings (SSSR count). The lowest BCUT2D eigenvalue weighted by molar-refractivity contribution is -0.0500. The van der Waals surface area contributed by atoms with Gasteiger partial charge in [0.1, 0.15) is 35.9 Å². The number of nitrogens with zero attached hydrogens (tertiary/aromatic N) is 1. The Bertz CT molecular complexity index is 713. The SMILES string of the molecule is Cc1cc(O[C@H]2C[C@@H](OC(=O)N3CC4(COC(=O)N4)C3)C2)ccc1F. The van der Waals surface area contributed by atoms with Crippen molar-refractivity contribution in [1.82, 2.24) is 10.2 Å². The smallest absolute Gasteiger partial charge is 0.410 e. The van der Waals surface area contributed by atoms with E-state index in [-0.39, 0.29) is 30.7 Å². The van der Waals surface area contributed by atoms with Crippen LogP contribution in [0.4, 0.5) is 14.0 Å². The summed E-state index contributed by atoms with van der Waals surface area (Å²) in [5.74, 6) is 0.360. The third-order valence-corrected chi connectivity index (χ3v) is 4.84. The first-order valence-electron chi connectivity index (χ1n) is 8.26. The molecule has 2 saturated heterocycles. The van der Waals surface area contributed by atoms with Gasteiger partial charge in [-0.2, -0.15) is 0 Å². The first-order chi connectivity index (χ1) is 11.9. The van der Waals surface area contributed by atoms with E-state index in [9.17, 15) is 14.0 Å². The molecule has 1 spiro atoms. The third-order valence-electron chi connectivity index (χ3n) is 4.84. The van der Waals surface area contributed by atoms with Gasteiger partial charge in [0.2, 0.25) is 0 Å². The molecule has 1 aromatic rings. The minimum atomic E-state index is -0.443. The van der Waals surface area contributed by atoms with Crippen molar-refractivity contribution in [2.75, 3.05) is 19.7 Å². The maximum Gasteiger partial charge on any atom is 0.410 e. The van der Waals surface area contributed by atoms with E-state index in [2.05, 4.69) is 5.32 Å². The summed E-state index contributed by atoms with van der Waals surface area (Å²) in [6.07, 6.45) is 0.191. The molecule has 2 amide bonds. The number of nitrogens with one attached hydrogen (secondary N) is 1. The zero-order valence-corrected chi connectivity index (χ0v) is 13.8. The minimum Gasteiger partial charge on any atom is -0.490 e. The summed E-state index contributed by atoms with van der Waals surface area (Å²) in [6.45, 7) is 2.77. The highest BCUT2D eigenvalue weighted by atomic mass is 19.1. The maximum absolute atomic E-state index is 13.2. The predicted octanol–water partition coefficient (Wildman–Crippen LogP) is 1.97. The van der Waals surface area contributed by atoms with Gasteiger partial charge in [-0.15, -0.1) is 0 Å². The first kappa shape index (κ1) is 16.0. The molecule has 0 atom stereocenters. The van der Waals surface area contributed by atoms with Crippen molar-refractivity contribution in [2.24, 2.45) is 0 Å². The van der Waals surface area contributed by atoms with Gasteiger partial charge < -0.3 is 24.4 Å². The molecule has 2 heterocycles. The van der Waals surface area contributed by atoms with E-state index in [0.717, 1.165) is 0 Å². The number of halogens is 1. The average molecular weight is 350 g/mol. The van der Waals surface area contributed by atoms with Crippen LogP contribution in [0.2, 0.25) is 0 Å². The molecule has 134 valence electrons. The largest absolute Gasteiger partial charge is 0.490 e. The van der Waals surface area contributed by atoms with Gasteiger partial charge in [0.25, 0.3) is 0 Å². The Balaban J connectivity index is 1.19. The second kappa shape index (κ2) is 5.79. The van der Waals surface area contributed by atoms with E-state index in [0.29, 0.717) is 37.2 Å². The van der Waals surface area contributed by atoms with Gasteiger partial charge in [0.05, 0.1) is 13.1 Å². The average Bonchev–Trinajstić information content (AvgIpc) is 2.89. The fourth-order valence-corrected chi connectivity index (χ4v) is 3.29. The van der Waals surface area contributed by atoms with Crippen molar-refractivity contribution in [3.05, 3.63) is 29.6 Å². The summed E-state index contributed by atoms with van der Waals surface area (Å²) in [7, 11) is 0. The fourth-order valence-electron chi connectivity index (χ4n) is 3.29. The van der Waals surface area contributed by atoms with Crippen LogP contribution in [0.3, 0.4) is 0 Å². The van der Waals surface area contributed by atoms with Crippen molar-refractivity contribution < 1.29 is 28.2 Å². The zero-order chi connectivity index (χ0) is 17.6. The molecule has 7 nitrogen and oxygen atoms in total. The molecule has 2 aliphatic heterocycles. The van der Waals surface area contributed by atoms with Crippen LogP contribution in [-0.2, 0) is 9.47 Å². The number of rotatable bonds is 3. The second-order valence-electron chi connectivity index (χ2n) is 6.97. The highest BCUT2D eigenvalue weighted by molar-refractivity contribution is 5.74.